The maximum atomic E-state index is 11.6. The van der Waals surface area contributed by atoms with Crippen molar-refractivity contribution in [2.45, 2.75) is 6.92 Å². The Morgan fingerprint density at radius 2 is 2.19 bits per heavy atom. The Hall–Kier alpha value is -2.67. The minimum Gasteiger partial charge on any atom is -0.456 e. The maximum Gasteiger partial charge on any atom is 0.307 e. The zero-order valence-corrected chi connectivity index (χ0v) is 11.6. The molecule has 0 saturated heterocycles. The summed E-state index contributed by atoms with van der Waals surface area (Å²) < 4.78 is 5.12. The number of carbonyl (C=O) groups is 1. The van der Waals surface area contributed by atoms with Crippen molar-refractivity contribution in [2.75, 3.05) is 0 Å². The van der Waals surface area contributed by atoms with Crippen LogP contribution in [0.4, 0.5) is 5.69 Å². The van der Waals surface area contributed by atoms with Crippen LogP contribution in [0.25, 0.3) is 0 Å². The van der Waals surface area contributed by atoms with E-state index in [4.69, 9.17) is 16.0 Å². The number of nitrogens with zero attached hydrogens (tertiary/aromatic N) is 2. The lowest BCUT2D eigenvalue weighted by Crippen LogP contribution is -2.16. The third-order valence-corrected chi connectivity index (χ3v) is 2.83. The Bertz CT molecular complexity index is 724. The summed E-state index contributed by atoms with van der Waals surface area (Å²) in [5.74, 6) is 0.229. The lowest BCUT2D eigenvalue weighted by atomic mass is 10.2. The molecule has 1 heterocycles. The lowest BCUT2D eigenvalue weighted by molar-refractivity contribution is -0.384. The van der Waals surface area contributed by atoms with Gasteiger partial charge in [-0.3, -0.25) is 14.9 Å². The van der Waals surface area contributed by atoms with Gasteiger partial charge in [-0.2, -0.15) is 5.10 Å². The SMILES string of the molecule is Cc1ccc(C(=O)N/N=C/c2ccc(Cl)c([N+](=O)[O-])c2)o1. The van der Waals surface area contributed by atoms with Gasteiger partial charge in [0.15, 0.2) is 5.76 Å². The minimum atomic E-state index is -0.593. The van der Waals surface area contributed by atoms with E-state index in [1.165, 1.54) is 24.4 Å². The molecule has 0 aliphatic rings. The van der Waals surface area contributed by atoms with Gasteiger partial charge in [0.2, 0.25) is 0 Å². The quantitative estimate of drug-likeness (QED) is 0.533. The number of amides is 1. The fourth-order valence-electron chi connectivity index (χ4n) is 1.53. The number of benzene rings is 1. The molecule has 8 heteroatoms. The van der Waals surface area contributed by atoms with Crippen LogP contribution in [0, 0.1) is 17.0 Å². The van der Waals surface area contributed by atoms with Crippen molar-refractivity contribution in [1.82, 2.24) is 5.43 Å². The van der Waals surface area contributed by atoms with Crippen LogP contribution < -0.4 is 5.43 Å². The highest BCUT2D eigenvalue weighted by Gasteiger charge is 2.12. The number of hydrazone groups is 1. The molecule has 108 valence electrons. The van der Waals surface area contributed by atoms with Gasteiger partial charge in [-0.05, 0) is 25.1 Å². The zero-order chi connectivity index (χ0) is 15.4. The van der Waals surface area contributed by atoms with E-state index < -0.39 is 10.8 Å². The van der Waals surface area contributed by atoms with Gasteiger partial charge in [-0.15, -0.1) is 0 Å². The smallest absolute Gasteiger partial charge is 0.307 e. The molecule has 1 amide bonds. The molecule has 1 N–H and O–H groups in total. The van der Waals surface area contributed by atoms with Crippen LogP contribution >= 0.6 is 11.6 Å². The van der Waals surface area contributed by atoms with Crippen LogP contribution in [0.1, 0.15) is 21.9 Å². The molecule has 0 fully saturated rings. The molecule has 1 aromatic carbocycles. The number of nitrogens with one attached hydrogen (secondary N) is 1. The molecule has 0 atom stereocenters. The second kappa shape index (κ2) is 6.19. The number of hydrogen-bond donors (Lipinski definition) is 1. The first-order valence-electron chi connectivity index (χ1n) is 5.81. The van der Waals surface area contributed by atoms with E-state index in [-0.39, 0.29) is 16.5 Å². The highest BCUT2D eigenvalue weighted by atomic mass is 35.5. The van der Waals surface area contributed by atoms with Crippen LogP contribution in [0.15, 0.2) is 39.9 Å². The Balaban J connectivity index is 2.06. The maximum absolute atomic E-state index is 11.6. The predicted molar refractivity (Wildman–Crippen MR) is 76.6 cm³/mol. The summed E-state index contributed by atoms with van der Waals surface area (Å²) in [4.78, 5) is 21.8. The van der Waals surface area contributed by atoms with Gasteiger partial charge in [0.05, 0.1) is 11.1 Å². The van der Waals surface area contributed by atoms with Crippen LogP contribution in [0.5, 0.6) is 0 Å². The van der Waals surface area contributed by atoms with E-state index >= 15 is 0 Å². The fraction of sp³-hybridized carbons (Fsp3) is 0.0769. The summed E-state index contributed by atoms with van der Waals surface area (Å²) in [6.07, 6.45) is 1.27. The number of nitro benzene ring substituents is 1. The summed E-state index contributed by atoms with van der Waals surface area (Å²) in [5, 5.41) is 14.5. The van der Waals surface area contributed by atoms with Gasteiger partial charge in [-0.1, -0.05) is 17.7 Å². The topological polar surface area (TPSA) is 97.7 Å². The number of hydrogen-bond acceptors (Lipinski definition) is 5. The molecule has 2 rings (SSSR count). The molecule has 7 nitrogen and oxygen atoms in total. The lowest BCUT2D eigenvalue weighted by Gasteiger charge is -1.98. The van der Waals surface area contributed by atoms with E-state index in [9.17, 15) is 14.9 Å². The van der Waals surface area contributed by atoms with Crippen molar-refractivity contribution in [2.24, 2.45) is 5.10 Å². The average Bonchev–Trinajstić information content (AvgIpc) is 2.87. The predicted octanol–water partition coefficient (Wildman–Crippen LogP) is 2.91. The van der Waals surface area contributed by atoms with Gasteiger partial charge >= 0.3 is 5.91 Å². The van der Waals surface area contributed by atoms with Crippen molar-refractivity contribution in [3.05, 3.63) is 62.6 Å². The third kappa shape index (κ3) is 3.67. The Morgan fingerprint density at radius 3 is 2.81 bits per heavy atom. The molecule has 0 bridgehead atoms. The first-order chi connectivity index (χ1) is 9.97. The summed E-state index contributed by atoms with van der Waals surface area (Å²) >= 11 is 5.69. The van der Waals surface area contributed by atoms with Crippen molar-refractivity contribution in [3.8, 4) is 0 Å². The molecular weight excluding hydrogens is 298 g/mol. The molecule has 0 aliphatic carbocycles. The average molecular weight is 308 g/mol. The van der Waals surface area contributed by atoms with E-state index in [2.05, 4.69) is 10.5 Å². The van der Waals surface area contributed by atoms with Gasteiger partial charge in [-0.25, -0.2) is 5.43 Å². The Kier molecular flexibility index (Phi) is 4.34. The standard InChI is InChI=1S/C13H10ClN3O4/c1-8-2-5-12(21-8)13(18)16-15-7-9-3-4-10(14)11(6-9)17(19)20/h2-7H,1H3,(H,16,18)/b15-7+. The first-order valence-corrected chi connectivity index (χ1v) is 6.19. The van der Waals surface area contributed by atoms with Crippen LogP contribution in [-0.2, 0) is 0 Å². The van der Waals surface area contributed by atoms with Gasteiger partial charge < -0.3 is 4.42 Å². The van der Waals surface area contributed by atoms with Crippen LogP contribution in [0.3, 0.4) is 0 Å². The molecule has 0 spiro atoms. The zero-order valence-electron chi connectivity index (χ0n) is 10.9. The van der Waals surface area contributed by atoms with Gasteiger partial charge in [0.1, 0.15) is 10.8 Å². The minimum absolute atomic E-state index is 0.0345. The molecule has 1 aromatic heterocycles. The van der Waals surface area contributed by atoms with Gasteiger partial charge in [0.25, 0.3) is 5.69 Å². The normalized spacial score (nSPS) is 10.8. The molecule has 2 aromatic rings. The summed E-state index contributed by atoms with van der Waals surface area (Å²) in [7, 11) is 0. The number of nitro groups is 1. The van der Waals surface area contributed by atoms with E-state index in [1.807, 2.05) is 0 Å². The van der Waals surface area contributed by atoms with Crippen molar-refractivity contribution < 1.29 is 14.1 Å². The number of carbonyl (C=O) groups excluding carboxylic acids is 1. The van der Waals surface area contributed by atoms with Crippen LogP contribution in [-0.4, -0.2) is 17.0 Å². The molecule has 0 unspecified atom stereocenters. The largest absolute Gasteiger partial charge is 0.456 e. The van der Waals surface area contributed by atoms with Crippen molar-refractivity contribution in [3.63, 3.8) is 0 Å². The summed E-state index contributed by atoms with van der Waals surface area (Å²) in [5.41, 5.74) is 2.46. The van der Waals surface area contributed by atoms with Gasteiger partial charge in [0, 0.05) is 11.6 Å². The Morgan fingerprint density at radius 1 is 1.43 bits per heavy atom. The second-order valence-corrected chi connectivity index (χ2v) is 4.48. The fourth-order valence-corrected chi connectivity index (χ4v) is 1.71. The van der Waals surface area contributed by atoms with Crippen molar-refractivity contribution >= 4 is 29.4 Å². The number of furan rings is 1. The van der Waals surface area contributed by atoms with E-state index in [1.54, 1.807) is 19.1 Å². The highest BCUT2D eigenvalue weighted by Crippen LogP contribution is 2.24. The molecular formula is C13H10ClN3O4. The molecule has 0 aliphatic heterocycles. The molecule has 0 saturated carbocycles. The second-order valence-electron chi connectivity index (χ2n) is 4.08. The van der Waals surface area contributed by atoms with E-state index in [0.717, 1.165) is 0 Å². The summed E-state index contributed by atoms with van der Waals surface area (Å²) in [6, 6.07) is 7.37. The highest BCUT2D eigenvalue weighted by molar-refractivity contribution is 6.32. The number of aryl methyl sites for hydroxylation is 1. The van der Waals surface area contributed by atoms with Crippen molar-refractivity contribution in [1.29, 1.82) is 0 Å². The molecule has 0 radical (unpaired) electrons. The Labute approximate surface area is 124 Å². The summed E-state index contributed by atoms with van der Waals surface area (Å²) in [6.45, 7) is 1.72. The monoisotopic (exact) mass is 307 g/mol. The third-order valence-electron chi connectivity index (χ3n) is 2.51. The number of rotatable bonds is 4. The van der Waals surface area contributed by atoms with Crippen LogP contribution in [0.2, 0.25) is 5.02 Å². The molecule has 21 heavy (non-hydrogen) atoms. The van der Waals surface area contributed by atoms with E-state index in [0.29, 0.717) is 11.3 Å². The first kappa shape index (κ1) is 14.7. The number of halogens is 1.